The lowest BCUT2D eigenvalue weighted by molar-refractivity contribution is -0.126. The lowest BCUT2D eigenvalue weighted by Crippen LogP contribution is -2.32. The first-order valence-electron chi connectivity index (χ1n) is 10.1. The highest BCUT2D eigenvalue weighted by Gasteiger charge is 2.11. The number of unbranched alkanes of at least 4 members (excludes halogenated alkanes) is 2. The minimum absolute atomic E-state index is 0.00174. The molecule has 0 heterocycles. The van der Waals surface area contributed by atoms with Crippen LogP contribution in [0.1, 0.15) is 91.9 Å². The van der Waals surface area contributed by atoms with Crippen LogP contribution in [0.2, 0.25) is 0 Å². The molecule has 0 aliphatic heterocycles. The van der Waals surface area contributed by atoms with E-state index in [9.17, 15) is 9.59 Å². The van der Waals surface area contributed by atoms with Crippen molar-refractivity contribution in [2.45, 2.75) is 91.9 Å². The molecule has 2 amide bonds. The Labute approximate surface area is 149 Å². The Balaban J connectivity index is 3.86. The van der Waals surface area contributed by atoms with Crippen LogP contribution in [0, 0.1) is 11.8 Å². The first-order chi connectivity index (χ1) is 11.6. The Hall–Kier alpha value is -1.06. The van der Waals surface area contributed by atoms with E-state index in [0.29, 0.717) is 24.7 Å². The standard InChI is InChI=1S/C20H40N2O2/c1-5-9-11-17(7-3)15-21-19(23)13-14-20(24)22-16-18(8-4)12-10-6-2/h17-18H,5-16H2,1-4H3,(H,21,23)(H,22,24)/t17-,18+. The van der Waals surface area contributed by atoms with Crippen molar-refractivity contribution < 1.29 is 9.59 Å². The molecule has 0 aromatic rings. The summed E-state index contributed by atoms with van der Waals surface area (Å²) in [6, 6.07) is 0. The topological polar surface area (TPSA) is 58.2 Å². The van der Waals surface area contributed by atoms with E-state index < -0.39 is 0 Å². The molecule has 142 valence electrons. The number of carbonyl (C=O) groups is 2. The summed E-state index contributed by atoms with van der Waals surface area (Å²) in [4.78, 5) is 23.8. The van der Waals surface area contributed by atoms with E-state index in [1.165, 1.54) is 38.5 Å². The molecule has 4 nitrogen and oxygen atoms in total. The molecule has 0 unspecified atom stereocenters. The first-order valence-corrected chi connectivity index (χ1v) is 10.1. The van der Waals surface area contributed by atoms with Crippen LogP contribution in [0.15, 0.2) is 0 Å². The highest BCUT2D eigenvalue weighted by Crippen LogP contribution is 2.12. The summed E-state index contributed by atoms with van der Waals surface area (Å²) < 4.78 is 0. The van der Waals surface area contributed by atoms with Crippen molar-refractivity contribution in [1.82, 2.24) is 10.6 Å². The minimum Gasteiger partial charge on any atom is -0.356 e. The van der Waals surface area contributed by atoms with Crippen molar-refractivity contribution in [3.05, 3.63) is 0 Å². The van der Waals surface area contributed by atoms with Gasteiger partial charge in [-0.25, -0.2) is 0 Å². The van der Waals surface area contributed by atoms with Crippen molar-refractivity contribution >= 4 is 11.8 Å². The van der Waals surface area contributed by atoms with Crippen molar-refractivity contribution in [1.29, 1.82) is 0 Å². The minimum atomic E-state index is -0.00174. The maximum atomic E-state index is 11.9. The van der Waals surface area contributed by atoms with Gasteiger partial charge in [0.15, 0.2) is 0 Å². The predicted octanol–water partition coefficient (Wildman–Crippen LogP) is 4.43. The van der Waals surface area contributed by atoms with E-state index in [-0.39, 0.29) is 11.8 Å². The van der Waals surface area contributed by atoms with Gasteiger partial charge in [-0.05, 0) is 24.7 Å². The fraction of sp³-hybridized carbons (Fsp3) is 0.900. The maximum Gasteiger partial charge on any atom is 0.220 e. The Bertz CT molecular complexity index is 300. The monoisotopic (exact) mass is 340 g/mol. The Morgan fingerprint density at radius 1 is 0.708 bits per heavy atom. The molecule has 0 aliphatic rings. The molecule has 0 bridgehead atoms. The van der Waals surface area contributed by atoms with Crippen LogP contribution in [0.4, 0.5) is 0 Å². The third-order valence-electron chi connectivity index (χ3n) is 4.84. The zero-order valence-electron chi connectivity index (χ0n) is 16.5. The van der Waals surface area contributed by atoms with Crippen LogP contribution in [0.3, 0.4) is 0 Å². The molecule has 0 aromatic carbocycles. The van der Waals surface area contributed by atoms with E-state index in [4.69, 9.17) is 0 Å². The van der Waals surface area contributed by atoms with Gasteiger partial charge in [0.05, 0.1) is 0 Å². The highest BCUT2D eigenvalue weighted by molar-refractivity contribution is 5.83. The lowest BCUT2D eigenvalue weighted by Gasteiger charge is -2.16. The second-order valence-corrected chi connectivity index (χ2v) is 6.94. The molecule has 0 saturated heterocycles. The van der Waals surface area contributed by atoms with Crippen molar-refractivity contribution in [2.24, 2.45) is 11.8 Å². The van der Waals surface area contributed by atoms with Crippen LogP contribution < -0.4 is 10.6 Å². The van der Waals surface area contributed by atoms with Gasteiger partial charge in [-0.1, -0.05) is 66.2 Å². The summed E-state index contributed by atoms with van der Waals surface area (Å²) in [5.41, 5.74) is 0. The van der Waals surface area contributed by atoms with Crippen molar-refractivity contribution in [3.63, 3.8) is 0 Å². The normalized spacial score (nSPS) is 13.3. The molecule has 4 heteroatoms. The average molecular weight is 341 g/mol. The van der Waals surface area contributed by atoms with E-state index in [1.807, 2.05) is 0 Å². The summed E-state index contributed by atoms with van der Waals surface area (Å²) in [6.45, 7) is 10.2. The molecule has 0 fully saturated rings. The van der Waals surface area contributed by atoms with E-state index >= 15 is 0 Å². The van der Waals surface area contributed by atoms with Gasteiger partial charge in [0.1, 0.15) is 0 Å². The van der Waals surface area contributed by atoms with E-state index in [0.717, 1.165) is 25.9 Å². The van der Waals surface area contributed by atoms with Gasteiger partial charge in [-0.15, -0.1) is 0 Å². The zero-order chi connectivity index (χ0) is 18.2. The summed E-state index contributed by atoms with van der Waals surface area (Å²) in [7, 11) is 0. The van der Waals surface area contributed by atoms with Gasteiger partial charge in [-0.3, -0.25) is 9.59 Å². The largest absolute Gasteiger partial charge is 0.356 e. The molecule has 2 N–H and O–H groups in total. The number of hydrogen-bond donors (Lipinski definition) is 2. The molecule has 0 rings (SSSR count). The zero-order valence-corrected chi connectivity index (χ0v) is 16.5. The highest BCUT2D eigenvalue weighted by atomic mass is 16.2. The number of nitrogens with one attached hydrogen (secondary N) is 2. The summed E-state index contributed by atoms with van der Waals surface area (Å²) >= 11 is 0. The van der Waals surface area contributed by atoms with Crippen molar-refractivity contribution in [2.75, 3.05) is 13.1 Å². The van der Waals surface area contributed by atoms with E-state index in [1.54, 1.807) is 0 Å². The molecule has 0 spiro atoms. The summed E-state index contributed by atoms with van der Waals surface area (Å²) in [5, 5.41) is 5.97. The third kappa shape index (κ3) is 12.4. The molecule has 24 heavy (non-hydrogen) atoms. The van der Waals surface area contributed by atoms with Gasteiger partial charge < -0.3 is 10.6 Å². The third-order valence-corrected chi connectivity index (χ3v) is 4.84. The van der Waals surface area contributed by atoms with Gasteiger partial charge in [0.2, 0.25) is 11.8 Å². The summed E-state index contributed by atoms with van der Waals surface area (Å²) in [6.07, 6.45) is 9.94. The fourth-order valence-corrected chi connectivity index (χ4v) is 2.81. The molecule has 0 radical (unpaired) electrons. The Morgan fingerprint density at radius 2 is 1.08 bits per heavy atom. The number of carbonyl (C=O) groups excluding carboxylic acids is 2. The summed E-state index contributed by atoms with van der Waals surface area (Å²) in [5.74, 6) is 1.12. The van der Waals surface area contributed by atoms with Gasteiger partial charge in [0.25, 0.3) is 0 Å². The smallest absolute Gasteiger partial charge is 0.220 e. The van der Waals surface area contributed by atoms with Gasteiger partial charge in [-0.2, -0.15) is 0 Å². The van der Waals surface area contributed by atoms with Crippen molar-refractivity contribution in [3.8, 4) is 0 Å². The quantitative estimate of drug-likeness (QED) is 0.463. The average Bonchev–Trinajstić information content (AvgIpc) is 2.60. The van der Waals surface area contributed by atoms with Gasteiger partial charge >= 0.3 is 0 Å². The first kappa shape index (κ1) is 22.9. The second-order valence-electron chi connectivity index (χ2n) is 6.94. The van der Waals surface area contributed by atoms with Crippen LogP contribution in [0.25, 0.3) is 0 Å². The van der Waals surface area contributed by atoms with Crippen LogP contribution in [-0.2, 0) is 9.59 Å². The van der Waals surface area contributed by atoms with Crippen LogP contribution >= 0.6 is 0 Å². The SMILES string of the molecule is CCCC[C@@H](CC)CNC(=O)CCC(=O)NC[C@@H](CC)CCCC. The predicted molar refractivity (Wildman–Crippen MR) is 102 cm³/mol. The lowest BCUT2D eigenvalue weighted by atomic mass is 9.99. The Kier molecular flexibility index (Phi) is 14.8. The molecule has 0 saturated carbocycles. The molecule has 0 aliphatic carbocycles. The van der Waals surface area contributed by atoms with E-state index in [2.05, 4.69) is 38.3 Å². The molecule has 2 atom stereocenters. The van der Waals surface area contributed by atoms with Gasteiger partial charge in [0, 0.05) is 25.9 Å². The maximum absolute atomic E-state index is 11.9. The second kappa shape index (κ2) is 15.5. The molecule has 0 aromatic heterocycles. The molecular formula is C20H40N2O2. The van der Waals surface area contributed by atoms with Crippen LogP contribution in [-0.4, -0.2) is 24.9 Å². The Morgan fingerprint density at radius 3 is 1.38 bits per heavy atom. The number of hydrogen-bond acceptors (Lipinski definition) is 2. The fourth-order valence-electron chi connectivity index (χ4n) is 2.81. The number of rotatable bonds is 15. The molecular weight excluding hydrogens is 300 g/mol. The van der Waals surface area contributed by atoms with Crippen LogP contribution in [0.5, 0.6) is 0 Å². The number of amides is 2.